The molecule has 1 aliphatic rings. The van der Waals surface area contributed by atoms with Gasteiger partial charge >= 0.3 is 0 Å². The Hall–Kier alpha value is -1.82. The number of hydrogen-bond donors (Lipinski definition) is 0. The van der Waals surface area contributed by atoms with E-state index in [9.17, 15) is 0 Å². The van der Waals surface area contributed by atoms with Crippen molar-refractivity contribution >= 4 is 11.1 Å². The van der Waals surface area contributed by atoms with Crippen molar-refractivity contribution in [2.75, 3.05) is 0 Å². The van der Waals surface area contributed by atoms with Crippen LogP contribution in [0.1, 0.15) is 87.0 Å². The van der Waals surface area contributed by atoms with Crippen LogP contribution >= 0.6 is 0 Å². The number of benzene rings is 2. The highest BCUT2D eigenvalue weighted by atomic mass is 14.3. The fourth-order valence-electron chi connectivity index (χ4n) is 3.98. The second-order valence-corrected chi connectivity index (χ2v) is 7.71. The molecule has 0 saturated carbocycles. The van der Waals surface area contributed by atoms with Crippen molar-refractivity contribution < 1.29 is 0 Å². The van der Waals surface area contributed by atoms with Crippen molar-refractivity contribution in [1.29, 1.82) is 0 Å². The maximum absolute atomic E-state index is 2.39. The molecule has 0 amide bonds. The van der Waals surface area contributed by atoms with Crippen molar-refractivity contribution in [3.05, 3.63) is 77.2 Å². The Morgan fingerprint density at radius 2 is 1.35 bits per heavy atom. The van der Waals surface area contributed by atoms with E-state index >= 15 is 0 Å². The zero-order valence-electron chi connectivity index (χ0n) is 16.6. The van der Waals surface area contributed by atoms with Crippen molar-refractivity contribution in [1.82, 2.24) is 0 Å². The molecule has 137 valence electrons. The molecular weight excluding hydrogens is 312 g/mol. The summed E-state index contributed by atoms with van der Waals surface area (Å²) in [6, 6.07) is 17.9. The van der Waals surface area contributed by atoms with Gasteiger partial charge in [0.25, 0.3) is 0 Å². The normalized spacial score (nSPS) is 13.3. The minimum Gasteiger partial charge on any atom is -0.0654 e. The summed E-state index contributed by atoms with van der Waals surface area (Å²) in [7, 11) is 0. The number of unbranched alkanes of at least 4 members (excludes halogenated alkanes) is 7. The fraction of sp³-hybridized carbons (Fsp3) is 0.423. The molecule has 0 spiro atoms. The molecule has 0 bridgehead atoms. The summed E-state index contributed by atoms with van der Waals surface area (Å²) in [4.78, 5) is 0. The smallest absolute Gasteiger partial charge is 0.0214 e. The van der Waals surface area contributed by atoms with E-state index in [0.29, 0.717) is 0 Å². The monoisotopic (exact) mass is 345 g/mol. The lowest BCUT2D eigenvalue weighted by molar-refractivity contribution is 0.579. The van der Waals surface area contributed by atoms with Crippen LogP contribution in [0.3, 0.4) is 0 Å². The van der Waals surface area contributed by atoms with E-state index in [1.54, 1.807) is 5.57 Å². The minimum atomic E-state index is 1.20. The molecule has 0 aromatic heterocycles. The van der Waals surface area contributed by atoms with Gasteiger partial charge in [-0.05, 0) is 47.6 Å². The molecule has 0 heteroatoms. The van der Waals surface area contributed by atoms with Gasteiger partial charge in [0, 0.05) is 6.42 Å². The van der Waals surface area contributed by atoms with Gasteiger partial charge in [-0.15, -0.1) is 0 Å². The van der Waals surface area contributed by atoms with Gasteiger partial charge in [-0.3, -0.25) is 0 Å². The summed E-state index contributed by atoms with van der Waals surface area (Å²) < 4.78 is 0. The molecule has 0 aliphatic heterocycles. The van der Waals surface area contributed by atoms with Crippen molar-refractivity contribution in [3.8, 4) is 0 Å². The molecule has 1 aliphatic carbocycles. The zero-order valence-corrected chi connectivity index (χ0v) is 16.6. The summed E-state index contributed by atoms with van der Waals surface area (Å²) in [6.45, 7) is 4.45. The van der Waals surface area contributed by atoms with E-state index in [4.69, 9.17) is 0 Å². The first-order valence-electron chi connectivity index (χ1n) is 10.5. The number of fused-ring (bicyclic) bond motifs is 1. The van der Waals surface area contributed by atoms with Gasteiger partial charge in [0.15, 0.2) is 0 Å². The molecule has 0 atom stereocenters. The lowest BCUT2D eigenvalue weighted by Crippen LogP contribution is -1.88. The Balaban J connectivity index is 1.62. The molecule has 26 heavy (non-hydrogen) atoms. The van der Waals surface area contributed by atoms with Gasteiger partial charge < -0.3 is 0 Å². The average molecular weight is 346 g/mol. The Bertz CT molecular complexity index is 718. The van der Waals surface area contributed by atoms with Crippen LogP contribution in [0, 0.1) is 13.3 Å². The van der Waals surface area contributed by atoms with Gasteiger partial charge in [0.2, 0.25) is 0 Å². The third-order valence-electron chi connectivity index (χ3n) is 5.55. The third kappa shape index (κ3) is 4.87. The second kappa shape index (κ2) is 9.76. The molecule has 2 aromatic rings. The zero-order chi connectivity index (χ0) is 18.2. The largest absolute Gasteiger partial charge is 0.0654 e. The molecular formula is C26H33. The highest BCUT2D eigenvalue weighted by molar-refractivity contribution is 6.02. The van der Waals surface area contributed by atoms with E-state index in [0.717, 1.165) is 0 Å². The van der Waals surface area contributed by atoms with E-state index in [2.05, 4.69) is 68.8 Å². The van der Waals surface area contributed by atoms with E-state index < -0.39 is 0 Å². The molecule has 3 rings (SSSR count). The Morgan fingerprint density at radius 3 is 2.08 bits per heavy atom. The Morgan fingerprint density at radius 1 is 0.692 bits per heavy atom. The van der Waals surface area contributed by atoms with Crippen molar-refractivity contribution in [2.45, 2.75) is 71.6 Å². The predicted octanol–water partition coefficient (Wildman–Crippen LogP) is 8.00. The molecule has 0 N–H and O–H groups in total. The highest BCUT2D eigenvalue weighted by Crippen LogP contribution is 2.42. The van der Waals surface area contributed by atoms with Gasteiger partial charge in [-0.25, -0.2) is 0 Å². The van der Waals surface area contributed by atoms with Crippen LogP contribution in [-0.2, 0) is 0 Å². The van der Waals surface area contributed by atoms with Crippen LogP contribution < -0.4 is 0 Å². The molecule has 0 fully saturated rings. The van der Waals surface area contributed by atoms with Gasteiger partial charge in [0.1, 0.15) is 0 Å². The molecule has 0 saturated heterocycles. The first-order valence-corrected chi connectivity index (χ1v) is 10.5. The van der Waals surface area contributed by atoms with Crippen molar-refractivity contribution in [2.24, 2.45) is 0 Å². The summed E-state index contributed by atoms with van der Waals surface area (Å²) in [6.07, 6.45) is 14.6. The van der Waals surface area contributed by atoms with Crippen LogP contribution in [0.5, 0.6) is 0 Å². The molecule has 0 heterocycles. The summed E-state index contributed by atoms with van der Waals surface area (Å²) in [5.74, 6) is 0. The SMILES string of the molecule is CCCCCCCCCCC1=C(c2ccc(C)cc2)[CH]c2ccccc21. The highest BCUT2D eigenvalue weighted by Gasteiger charge is 2.21. The Kier molecular flexibility index (Phi) is 7.12. The van der Waals surface area contributed by atoms with Gasteiger partial charge in [0.05, 0.1) is 0 Å². The quantitative estimate of drug-likeness (QED) is 0.383. The van der Waals surface area contributed by atoms with E-state index in [-0.39, 0.29) is 0 Å². The first-order chi connectivity index (χ1) is 12.8. The number of hydrogen-bond acceptors (Lipinski definition) is 0. The lowest BCUT2D eigenvalue weighted by Gasteiger charge is -2.10. The van der Waals surface area contributed by atoms with Crippen LogP contribution in [-0.4, -0.2) is 0 Å². The third-order valence-corrected chi connectivity index (χ3v) is 5.55. The molecule has 0 nitrogen and oxygen atoms in total. The summed E-state index contributed by atoms with van der Waals surface area (Å²) >= 11 is 0. The predicted molar refractivity (Wildman–Crippen MR) is 115 cm³/mol. The van der Waals surface area contributed by atoms with E-state index in [1.807, 2.05) is 0 Å². The van der Waals surface area contributed by atoms with Gasteiger partial charge in [-0.2, -0.15) is 0 Å². The molecule has 2 aromatic carbocycles. The van der Waals surface area contributed by atoms with Gasteiger partial charge in [-0.1, -0.05) is 106 Å². The maximum Gasteiger partial charge on any atom is 0.0214 e. The van der Waals surface area contributed by atoms with Crippen LogP contribution in [0.2, 0.25) is 0 Å². The van der Waals surface area contributed by atoms with Crippen LogP contribution in [0.4, 0.5) is 0 Å². The minimum absolute atomic E-state index is 1.20. The van der Waals surface area contributed by atoms with Crippen molar-refractivity contribution in [3.63, 3.8) is 0 Å². The Labute approximate surface area is 160 Å². The first kappa shape index (κ1) is 19.0. The summed E-state index contributed by atoms with van der Waals surface area (Å²) in [5, 5.41) is 0. The molecule has 0 unspecified atom stereocenters. The number of allylic oxidation sites excluding steroid dienone is 2. The lowest BCUT2D eigenvalue weighted by atomic mass is 9.95. The standard InChI is InChI=1S/C26H33/c1-3-4-5-6-7-8-9-10-15-25-24-14-12-11-13-23(24)20-26(25)22-18-16-21(2)17-19-22/h11-14,16-20H,3-10,15H2,1-2H3. The average Bonchev–Trinajstić information content (AvgIpc) is 3.03. The van der Waals surface area contributed by atoms with E-state index in [1.165, 1.54) is 85.6 Å². The fourth-order valence-corrected chi connectivity index (χ4v) is 3.98. The van der Waals surface area contributed by atoms with Crippen LogP contribution in [0.25, 0.3) is 11.1 Å². The molecule has 1 radical (unpaired) electrons. The topological polar surface area (TPSA) is 0 Å². The summed E-state index contributed by atoms with van der Waals surface area (Å²) in [5.41, 5.74) is 8.52. The second-order valence-electron chi connectivity index (χ2n) is 7.71. The number of aryl methyl sites for hydroxylation is 1. The maximum atomic E-state index is 2.39. The van der Waals surface area contributed by atoms with Crippen LogP contribution in [0.15, 0.2) is 48.5 Å². The number of rotatable bonds is 10.